The fourth-order valence-corrected chi connectivity index (χ4v) is 2.02. The highest BCUT2D eigenvalue weighted by molar-refractivity contribution is 6.42. The summed E-state index contributed by atoms with van der Waals surface area (Å²) in [5.74, 6) is 0.172. The molecule has 1 atom stereocenters. The number of carbonyl (C=O) groups is 1. The number of halogens is 2. The van der Waals surface area contributed by atoms with Crippen LogP contribution in [0, 0.1) is 11.3 Å². The highest BCUT2D eigenvalue weighted by Gasteiger charge is 2.50. The minimum absolute atomic E-state index is 0.0587. The largest absolute Gasteiger partial charge is 0.326 e. The average molecular weight is 258 g/mol. The minimum Gasteiger partial charge on any atom is -0.326 e. The van der Waals surface area contributed by atoms with E-state index in [4.69, 9.17) is 23.2 Å². The summed E-state index contributed by atoms with van der Waals surface area (Å²) < 4.78 is 0. The Morgan fingerprint density at radius 3 is 2.50 bits per heavy atom. The molecule has 1 aromatic rings. The quantitative estimate of drug-likeness (QED) is 0.854. The maximum atomic E-state index is 11.8. The molecule has 1 aromatic carbocycles. The Morgan fingerprint density at radius 2 is 2.00 bits per heavy atom. The van der Waals surface area contributed by atoms with Crippen LogP contribution in [0.15, 0.2) is 18.2 Å². The van der Waals surface area contributed by atoms with Gasteiger partial charge in [-0.25, -0.2) is 0 Å². The fraction of sp³-hybridized carbons (Fsp3) is 0.417. The molecule has 0 aromatic heterocycles. The molecule has 2 rings (SSSR count). The molecule has 1 amide bonds. The maximum absolute atomic E-state index is 11.8. The first-order valence-electron chi connectivity index (χ1n) is 5.16. The summed E-state index contributed by atoms with van der Waals surface area (Å²) in [6, 6.07) is 5.09. The van der Waals surface area contributed by atoms with E-state index < -0.39 is 0 Å². The second kappa shape index (κ2) is 3.94. The summed E-state index contributed by atoms with van der Waals surface area (Å²) in [6.45, 7) is 4.18. The molecular weight excluding hydrogens is 245 g/mol. The van der Waals surface area contributed by atoms with Crippen LogP contribution in [-0.2, 0) is 4.79 Å². The zero-order chi connectivity index (χ0) is 11.9. The van der Waals surface area contributed by atoms with Crippen LogP contribution in [-0.4, -0.2) is 5.91 Å². The van der Waals surface area contributed by atoms with Crippen molar-refractivity contribution in [3.63, 3.8) is 0 Å². The Morgan fingerprint density at radius 1 is 1.38 bits per heavy atom. The van der Waals surface area contributed by atoms with Gasteiger partial charge >= 0.3 is 0 Å². The van der Waals surface area contributed by atoms with Gasteiger partial charge in [0.25, 0.3) is 0 Å². The summed E-state index contributed by atoms with van der Waals surface area (Å²) in [5, 5.41) is 3.79. The normalized spacial score (nSPS) is 21.6. The summed E-state index contributed by atoms with van der Waals surface area (Å²) in [7, 11) is 0. The number of hydrogen-bond acceptors (Lipinski definition) is 1. The van der Waals surface area contributed by atoms with Crippen LogP contribution >= 0.6 is 23.2 Å². The van der Waals surface area contributed by atoms with Crippen LogP contribution in [0.1, 0.15) is 20.3 Å². The summed E-state index contributed by atoms with van der Waals surface area (Å²) in [5.41, 5.74) is 0.836. The highest BCUT2D eigenvalue weighted by atomic mass is 35.5. The number of carbonyl (C=O) groups excluding carboxylic acids is 1. The zero-order valence-electron chi connectivity index (χ0n) is 9.18. The van der Waals surface area contributed by atoms with Crippen LogP contribution in [0.4, 0.5) is 5.69 Å². The van der Waals surface area contributed by atoms with E-state index in [1.807, 2.05) is 0 Å². The molecule has 0 radical (unpaired) electrons. The Labute approximate surface area is 105 Å². The van der Waals surface area contributed by atoms with E-state index in [1.165, 1.54) is 0 Å². The number of anilines is 1. The van der Waals surface area contributed by atoms with Gasteiger partial charge in [-0.05, 0) is 30.0 Å². The lowest BCUT2D eigenvalue weighted by atomic mass is 10.1. The number of rotatable bonds is 2. The second-order valence-corrected chi connectivity index (χ2v) is 5.68. The van der Waals surface area contributed by atoms with Crippen molar-refractivity contribution in [2.75, 3.05) is 5.32 Å². The molecular formula is C12H13Cl2NO. The van der Waals surface area contributed by atoms with Gasteiger partial charge in [0.1, 0.15) is 0 Å². The third kappa shape index (κ3) is 2.33. The number of hydrogen-bond donors (Lipinski definition) is 1. The molecule has 1 aliphatic carbocycles. The van der Waals surface area contributed by atoms with Crippen molar-refractivity contribution in [2.45, 2.75) is 20.3 Å². The van der Waals surface area contributed by atoms with Gasteiger partial charge in [0, 0.05) is 11.6 Å². The predicted octanol–water partition coefficient (Wildman–Crippen LogP) is 3.98. The molecule has 1 aliphatic rings. The Hall–Kier alpha value is -0.730. The van der Waals surface area contributed by atoms with Crippen LogP contribution in [0.25, 0.3) is 0 Å². The molecule has 0 aliphatic heterocycles. The molecule has 0 spiro atoms. The molecule has 1 saturated carbocycles. The van der Waals surface area contributed by atoms with E-state index in [9.17, 15) is 4.79 Å². The van der Waals surface area contributed by atoms with Gasteiger partial charge in [0.2, 0.25) is 5.91 Å². The Balaban J connectivity index is 2.05. The third-order valence-electron chi connectivity index (χ3n) is 3.02. The van der Waals surface area contributed by atoms with E-state index in [-0.39, 0.29) is 17.2 Å². The molecule has 1 fully saturated rings. The lowest BCUT2D eigenvalue weighted by molar-refractivity contribution is -0.117. The molecule has 86 valence electrons. The third-order valence-corrected chi connectivity index (χ3v) is 3.76. The van der Waals surface area contributed by atoms with Crippen molar-refractivity contribution in [1.82, 2.24) is 0 Å². The lowest BCUT2D eigenvalue weighted by Crippen LogP contribution is -2.16. The first-order valence-corrected chi connectivity index (χ1v) is 5.92. The van der Waals surface area contributed by atoms with Crippen molar-refractivity contribution >= 4 is 34.8 Å². The van der Waals surface area contributed by atoms with Crippen molar-refractivity contribution in [3.8, 4) is 0 Å². The number of benzene rings is 1. The number of nitrogens with one attached hydrogen (secondary N) is 1. The molecule has 0 heterocycles. The van der Waals surface area contributed by atoms with Gasteiger partial charge in [-0.15, -0.1) is 0 Å². The first-order chi connectivity index (χ1) is 7.40. The van der Waals surface area contributed by atoms with E-state index in [1.54, 1.807) is 18.2 Å². The molecule has 1 N–H and O–H groups in total. The van der Waals surface area contributed by atoms with Crippen LogP contribution in [0.3, 0.4) is 0 Å². The molecule has 4 heteroatoms. The van der Waals surface area contributed by atoms with Crippen LogP contribution in [0.2, 0.25) is 10.0 Å². The SMILES string of the molecule is CC1(C)CC1C(=O)Nc1ccc(Cl)c(Cl)c1. The molecule has 2 nitrogen and oxygen atoms in total. The standard InChI is InChI=1S/C12H13Cl2NO/c1-12(2)6-8(12)11(16)15-7-3-4-9(13)10(14)5-7/h3-5,8H,6H2,1-2H3,(H,15,16). The topological polar surface area (TPSA) is 29.1 Å². The minimum atomic E-state index is 0.0587. The van der Waals surface area contributed by atoms with Gasteiger partial charge in [-0.2, -0.15) is 0 Å². The van der Waals surface area contributed by atoms with Gasteiger partial charge in [-0.3, -0.25) is 4.79 Å². The maximum Gasteiger partial charge on any atom is 0.228 e. The van der Waals surface area contributed by atoms with Crippen LogP contribution in [0.5, 0.6) is 0 Å². The van der Waals surface area contributed by atoms with Crippen molar-refractivity contribution in [2.24, 2.45) is 11.3 Å². The zero-order valence-corrected chi connectivity index (χ0v) is 10.7. The van der Waals surface area contributed by atoms with E-state index in [0.717, 1.165) is 6.42 Å². The molecule has 0 saturated heterocycles. The van der Waals surface area contributed by atoms with Gasteiger partial charge in [0.05, 0.1) is 10.0 Å². The van der Waals surface area contributed by atoms with E-state index in [0.29, 0.717) is 15.7 Å². The van der Waals surface area contributed by atoms with E-state index in [2.05, 4.69) is 19.2 Å². The molecule has 16 heavy (non-hydrogen) atoms. The smallest absolute Gasteiger partial charge is 0.228 e. The molecule has 0 bridgehead atoms. The summed E-state index contributed by atoms with van der Waals surface area (Å²) in [4.78, 5) is 11.8. The summed E-state index contributed by atoms with van der Waals surface area (Å²) >= 11 is 11.7. The van der Waals surface area contributed by atoms with Gasteiger partial charge in [0.15, 0.2) is 0 Å². The second-order valence-electron chi connectivity index (χ2n) is 4.86. The van der Waals surface area contributed by atoms with Gasteiger partial charge < -0.3 is 5.32 Å². The molecule has 1 unspecified atom stereocenters. The summed E-state index contributed by atoms with van der Waals surface area (Å²) in [6.07, 6.45) is 0.945. The Kier molecular flexibility index (Phi) is 2.89. The van der Waals surface area contributed by atoms with Crippen molar-refractivity contribution in [3.05, 3.63) is 28.2 Å². The van der Waals surface area contributed by atoms with Crippen molar-refractivity contribution < 1.29 is 4.79 Å². The number of amides is 1. The monoisotopic (exact) mass is 257 g/mol. The highest BCUT2D eigenvalue weighted by Crippen LogP contribution is 2.52. The fourth-order valence-electron chi connectivity index (χ4n) is 1.72. The van der Waals surface area contributed by atoms with E-state index >= 15 is 0 Å². The van der Waals surface area contributed by atoms with Crippen molar-refractivity contribution in [1.29, 1.82) is 0 Å². The lowest BCUT2D eigenvalue weighted by Gasteiger charge is -2.07. The van der Waals surface area contributed by atoms with Crippen LogP contribution < -0.4 is 5.32 Å². The average Bonchev–Trinajstić information content (AvgIpc) is 2.82. The Bertz CT molecular complexity index is 443. The predicted molar refractivity (Wildman–Crippen MR) is 67.0 cm³/mol. The first kappa shape index (κ1) is 11.7. The van der Waals surface area contributed by atoms with Gasteiger partial charge in [-0.1, -0.05) is 37.0 Å².